The van der Waals surface area contributed by atoms with E-state index in [1.54, 1.807) is 0 Å². The van der Waals surface area contributed by atoms with Gasteiger partial charge in [0.1, 0.15) is 0 Å². The quantitative estimate of drug-likeness (QED) is 0.230. The molecule has 0 aromatic rings. The number of aliphatic hydroxyl groups is 1. The summed E-state index contributed by atoms with van der Waals surface area (Å²) in [6.07, 6.45) is 16.5. The molecule has 0 rings (SSSR count). The van der Waals surface area contributed by atoms with E-state index in [9.17, 15) is 18.1 Å². The molecule has 0 heterocycles. The zero-order valence-corrected chi connectivity index (χ0v) is 17.4. The minimum absolute atomic E-state index is 0.0979. The van der Waals surface area contributed by atoms with Gasteiger partial charge in [0.15, 0.2) is 0 Å². The van der Waals surface area contributed by atoms with E-state index in [1.807, 2.05) is 6.92 Å². The van der Waals surface area contributed by atoms with Gasteiger partial charge in [-0.05, 0) is 25.7 Å². The van der Waals surface area contributed by atoms with E-state index in [4.69, 9.17) is 0 Å². The fraction of sp³-hybridized carbons (Fsp3) is 1.00. The summed E-state index contributed by atoms with van der Waals surface area (Å²) >= 11 is 0. The van der Waals surface area contributed by atoms with Crippen LogP contribution in [0.4, 0.5) is 0 Å². The number of rotatable bonds is 18. The summed E-state index contributed by atoms with van der Waals surface area (Å²) < 4.78 is 31.7. The molecule has 0 aromatic carbocycles. The summed E-state index contributed by atoms with van der Waals surface area (Å²) in [7, 11) is -3.87. The highest BCUT2D eigenvalue weighted by atomic mass is 32.2. The third kappa shape index (κ3) is 15.8. The van der Waals surface area contributed by atoms with Crippen LogP contribution in [0.2, 0.25) is 0 Å². The van der Waals surface area contributed by atoms with Crippen molar-refractivity contribution in [2.45, 2.75) is 128 Å². The van der Waals surface area contributed by atoms with Crippen LogP contribution in [-0.2, 0) is 10.1 Å². The van der Waals surface area contributed by atoms with Crippen LogP contribution in [0.1, 0.15) is 117 Å². The number of hydrogen-bond acceptors (Lipinski definition) is 3. The lowest BCUT2D eigenvalue weighted by Crippen LogP contribution is -2.20. The Morgan fingerprint density at radius 3 is 1.52 bits per heavy atom. The van der Waals surface area contributed by atoms with Crippen molar-refractivity contribution in [3.63, 3.8) is 0 Å². The van der Waals surface area contributed by atoms with Crippen molar-refractivity contribution in [1.29, 1.82) is 0 Å². The largest absolute Gasteiger partial charge is 0.393 e. The van der Waals surface area contributed by atoms with Crippen LogP contribution in [0, 0.1) is 0 Å². The van der Waals surface area contributed by atoms with E-state index in [0.29, 0.717) is 12.8 Å². The van der Waals surface area contributed by atoms with Gasteiger partial charge in [0, 0.05) is 0 Å². The molecule has 0 aromatic heterocycles. The second-order valence-corrected chi connectivity index (χ2v) is 9.18. The predicted molar refractivity (Wildman–Crippen MR) is 107 cm³/mol. The van der Waals surface area contributed by atoms with E-state index in [-0.39, 0.29) is 6.10 Å². The molecule has 25 heavy (non-hydrogen) atoms. The third-order valence-electron chi connectivity index (χ3n) is 4.99. The molecule has 0 fully saturated rings. The van der Waals surface area contributed by atoms with Crippen LogP contribution in [0.3, 0.4) is 0 Å². The molecule has 0 saturated heterocycles. The molecule has 0 bridgehead atoms. The standard InChI is InChI=1S/C20H42O4S/c1-3-5-16-19(21)17-13-11-9-7-6-8-10-12-14-18-20(15-4-2)25(22,23)24/h19-21H,3-18H2,1-2H3,(H,22,23,24). The lowest BCUT2D eigenvalue weighted by atomic mass is 10.0. The minimum Gasteiger partial charge on any atom is -0.393 e. The normalized spacial score (nSPS) is 14.6. The maximum Gasteiger partial charge on any atom is 0.267 e. The molecule has 2 N–H and O–H groups in total. The van der Waals surface area contributed by atoms with Gasteiger partial charge >= 0.3 is 0 Å². The van der Waals surface area contributed by atoms with Gasteiger partial charge in [-0.25, -0.2) is 0 Å². The first-order valence-electron chi connectivity index (χ1n) is 10.6. The van der Waals surface area contributed by atoms with Crippen molar-refractivity contribution in [1.82, 2.24) is 0 Å². The van der Waals surface area contributed by atoms with E-state index in [1.165, 1.54) is 32.1 Å². The zero-order chi connectivity index (χ0) is 19.0. The van der Waals surface area contributed by atoms with Gasteiger partial charge in [-0.15, -0.1) is 0 Å². The molecule has 4 nitrogen and oxygen atoms in total. The van der Waals surface area contributed by atoms with Crippen LogP contribution in [0.5, 0.6) is 0 Å². The van der Waals surface area contributed by atoms with E-state index in [2.05, 4.69) is 6.92 Å². The van der Waals surface area contributed by atoms with Crippen LogP contribution < -0.4 is 0 Å². The number of aliphatic hydroxyl groups excluding tert-OH is 1. The molecule has 0 aliphatic rings. The first-order valence-corrected chi connectivity index (χ1v) is 12.1. The molecule has 0 spiro atoms. The summed E-state index contributed by atoms with van der Waals surface area (Å²) in [4.78, 5) is 0. The Labute approximate surface area is 156 Å². The first kappa shape index (κ1) is 24.9. The van der Waals surface area contributed by atoms with Gasteiger partial charge in [0.2, 0.25) is 0 Å². The second kappa shape index (κ2) is 16.1. The van der Waals surface area contributed by atoms with Crippen molar-refractivity contribution >= 4 is 10.1 Å². The van der Waals surface area contributed by atoms with Crippen LogP contribution in [0.15, 0.2) is 0 Å². The van der Waals surface area contributed by atoms with E-state index >= 15 is 0 Å². The van der Waals surface area contributed by atoms with Crippen molar-refractivity contribution < 1.29 is 18.1 Å². The summed E-state index contributed by atoms with van der Waals surface area (Å²) in [6.45, 7) is 4.11. The molecule has 152 valence electrons. The number of unbranched alkanes of at least 4 members (excludes halogenated alkanes) is 9. The maximum absolute atomic E-state index is 11.2. The average molecular weight is 379 g/mol. The molecule has 0 aliphatic carbocycles. The summed E-state index contributed by atoms with van der Waals surface area (Å²) in [5.74, 6) is 0. The van der Waals surface area contributed by atoms with Crippen LogP contribution in [0.25, 0.3) is 0 Å². The molecule has 0 saturated carbocycles. The Kier molecular flexibility index (Phi) is 16.0. The summed E-state index contributed by atoms with van der Waals surface area (Å²) in [5, 5.41) is 9.21. The second-order valence-electron chi connectivity index (χ2n) is 7.48. The van der Waals surface area contributed by atoms with Crippen LogP contribution >= 0.6 is 0 Å². The fourth-order valence-corrected chi connectivity index (χ4v) is 4.34. The van der Waals surface area contributed by atoms with Crippen molar-refractivity contribution in [3.05, 3.63) is 0 Å². The van der Waals surface area contributed by atoms with Crippen molar-refractivity contribution in [3.8, 4) is 0 Å². The van der Waals surface area contributed by atoms with Crippen molar-refractivity contribution in [2.75, 3.05) is 0 Å². The topological polar surface area (TPSA) is 74.6 Å². The third-order valence-corrected chi connectivity index (χ3v) is 6.30. The van der Waals surface area contributed by atoms with Gasteiger partial charge in [-0.3, -0.25) is 4.55 Å². The van der Waals surface area contributed by atoms with E-state index < -0.39 is 15.4 Å². The van der Waals surface area contributed by atoms with Crippen LogP contribution in [-0.4, -0.2) is 29.4 Å². The summed E-state index contributed by atoms with van der Waals surface area (Å²) in [5.41, 5.74) is 0. The monoisotopic (exact) mass is 378 g/mol. The van der Waals surface area contributed by atoms with Gasteiger partial charge in [-0.2, -0.15) is 8.42 Å². The number of hydrogen-bond donors (Lipinski definition) is 2. The molecule has 0 aliphatic heterocycles. The molecule has 2 atom stereocenters. The highest BCUT2D eigenvalue weighted by Crippen LogP contribution is 2.17. The van der Waals surface area contributed by atoms with Gasteiger partial charge in [0.25, 0.3) is 10.1 Å². The predicted octanol–water partition coefficient (Wildman–Crippen LogP) is 5.89. The fourth-order valence-electron chi connectivity index (χ4n) is 3.34. The Morgan fingerprint density at radius 2 is 1.08 bits per heavy atom. The Morgan fingerprint density at radius 1 is 0.640 bits per heavy atom. The summed E-state index contributed by atoms with van der Waals surface area (Å²) in [6, 6.07) is 0. The Bertz CT molecular complexity index is 381. The Hall–Kier alpha value is -0.130. The van der Waals surface area contributed by atoms with E-state index in [0.717, 1.165) is 57.8 Å². The molecule has 0 radical (unpaired) electrons. The highest BCUT2D eigenvalue weighted by molar-refractivity contribution is 7.86. The highest BCUT2D eigenvalue weighted by Gasteiger charge is 2.20. The smallest absolute Gasteiger partial charge is 0.267 e. The molecule has 5 heteroatoms. The zero-order valence-electron chi connectivity index (χ0n) is 16.6. The van der Waals surface area contributed by atoms with Gasteiger partial charge in [-0.1, -0.05) is 90.9 Å². The lowest BCUT2D eigenvalue weighted by Gasteiger charge is -2.12. The molecular formula is C20H42O4S. The average Bonchev–Trinajstić information content (AvgIpc) is 2.55. The minimum atomic E-state index is -3.87. The molecule has 2 unspecified atom stereocenters. The lowest BCUT2D eigenvalue weighted by molar-refractivity contribution is 0.148. The first-order chi connectivity index (χ1) is 11.9. The molecule has 0 amide bonds. The molecular weight excluding hydrogens is 336 g/mol. The van der Waals surface area contributed by atoms with Gasteiger partial charge in [0.05, 0.1) is 11.4 Å². The maximum atomic E-state index is 11.2. The van der Waals surface area contributed by atoms with Crippen molar-refractivity contribution in [2.24, 2.45) is 0 Å². The SMILES string of the molecule is CCCCC(O)CCCCCCCCCCCC(CCC)S(=O)(=O)O. The Balaban J connectivity index is 3.41. The van der Waals surface area contributed by atoms with Gasteiger partial charge < -0.3 is 5.11 Å².